The van der Waals surface area contributed by atoms with Gasteiger partial charge in [0.15, 0.2) is 0 Å². The van der Waals surface area contributed by atoms with Crippen LogP contribution in [0.25, 0.3) is 0 Å². The minimum atomic E-state index is -1.27. The van der Waals surface area contributed by atoms with Gasteiger partial charge in [0.25, 0.3) is 5.91 Å². The van der Waals surface area contributed by atoms with Gasteiger partial charge in [-0.1, -0.05) is 30.3 Å². The van der Waals surface area contributed by atoms with Crippen LogP contribution >= 0.6 is 0 Å². The predicted molar refractivity (Wildman–Crippen MR) is 61.3 cm³/mol. The van der Waals surface area contributed by atoms with Gasteiger partial charge in [0.1, 0.15) is 6.10 Å². The third kappa shape index (κ3) is 3.60. The van der Waals surface area contributed by atoms with Gasteiger partial charge in [0, 0.05) is 0 Å². The van der Waals surface area contributed by atoms with Crippen LogP contribution in [0.5, 0.6) is 0 Å². The Hall–Kier alpha value is -1.28. The number of amides is 1. The molecule has 1 saturated heterocycles. The van der Waals surface area contributed by atoms with Crippen molar-refractivity contribution in [3.63, 3.8) is 0 Å². The molecule has 1 aromatic rings. The Kier molecular flexibility index (Phi) is 5.61. The van der Waals surface area contributed by atoms with Crippen LogP contribution in [0.1, 0.15) is 18.5 Å². The monoisotopic (exact) mass is 255 g/mol. The van der Waals surface area contributed by atoms with Crippen molar-refractivity contribution in [2.45, 2.75) is 19.1 Å². The van der Waals surface area contributed by atoms with E-state index in [0.717, 1.165) is 5.56 Å². The van der Waals surface area contributed by atoms with Gasteiger partial charge in [-0.15, -0.1) is 0 Å². The van der Waals surface area contributed by atoms with E-state index in [2.05, 4.69) is 0 Å². The van der Waals surface area contributed by atoms with Gasteiger partial charge in [-0.3, -0.25) is 4.79 Å². The molecule has 0 radical (unpaired) electrons. The van der Waals surface area contributed by atoms with Gasteiger partial charge in [-0.05, 0) is 12.5 Å². The van der Waals surface area contributed by atoms with E-state index in [1.165, 1.54) is 4.90 Å². The zero-order chi connectivity index (χ0) is 13.1. The topological polar surface area (TPSA) is 69.7 Å². The molecular formula is C13H14LiNO4. The first-order chi connectivity index (χ1) is 8.59. The van der Waals surface area contributed by atoms with Crippen molar-refractivity contribution in [2.75, 3.05) is 13.2 Å². The molecule has 0 saturated carbocycles. The minimum Gasteiger partial charge on any atom is -0.548 e. The van der Waals surface area contributed by atoms with Crippen molar-refractivity contribution in [1.29, 1.82) is 0 Å². The number of rotatable bonds is 3. The Morgan fingerprint density at radius 2 is 2.05 bits per heavy atom. The summed E-state index contributed by atoms with van der Waals surface area (Å²) in [5.41, 5.74) is 0.860. The number of carbonyl (C=O) groups excluding carboxylic acids is 2. The number of carboxylic acids is 1. The van der Waals surface area contributed by atoms with Crippen LogP contribution in [0.4, 0.5) is 0 Å². The van der Waals surface area contributed by atoms with Gasteiger partial charge >= 0.3 is 18.9 Å². The standard InChI is InChI=1S/C13H15NO4.Li/c1-9-13(17)14(7-12(15)16)11(8-18-9)10-5-3-2-4-6-10;/h2-6,9,11H,7-8H2,1H3,(H,15,16);/q;+1/p-1/t9-,11+;/m1./s1. The second-order valence-corrected chi connectivity index (χ2v) is 4.24. The van der Waals surface area contributed by atoms with E-state index in [-0.39, 0.29) is 30.8 Å². The molecule has 19 heavy (non-hydrogen) atoms. The van der Waals surface area contributed by atoms with Crippen molar-refractivity contribution >= 4 is 11.9 Å². The molecule has 6 heteroatoms. The molecule has 2 rings (SSSR count). The summed E-state index contributed by atoms with van der Waals surface area (Å²) in [6, 6.07) is 8.87. The van der Waals surface area contributed by atoms with Crippen molar-refractivity contribution in [2.24, 2.45) is 0 Å². The average Bonchev–Trinajstić information content (AvgIpc) is 2.36. The molecule has 1 fully saturated rings. The molecule has 0 bridgehead atoms. The Labute approximate surface area is 123 Å². The first-order valence-corrected chi connectivity index (χ1v) is 5.76. The number of benzene rings is 1. The van der Waals surface area contributed by atoms with Crippen molar-refractivity contribution in [3.8, 4) is 0 Å². The van der Waals surface area contributed by atoms with Crippen molar-refractivity contribution in [1.82, 2.24) is 4.90 Å². The third-order valence-corrected chi connectivity index (χ3v) is 2.99. The number of aliphatic carboxylic acids is 1. The second kappa shape index (κ2) is 6.76. The fourth-order valence-electron chi connectivity index (χ4n) is 2.06. The molecular weight excluding hydrogens is 241 g/mol. The number of carbonyl (C=O) groups is 2. The minimum absolute atomic E-state index is 0. The number of hydrogen-bond acceptors (Lipinski definition) is 4. The SMILES string of the molecule is C[C@H]1OC[C@@H](c2ccccc2)N(CC(=O)[O-])C1=O.[Li+]. The molecule has 0 aliphatic carbocycles. The summed E-state index contributed by atoms with van der Waals surface area (Å²) in [6.45, 7) is 1.50. The van der Waals surface area contributed by atoms with Gasteiger partial charge < -0.3 is 19.5 Å². The van der Waals surface area contributed by atoms with E-state index in [1.807, 2.05) is 30.3 Å². The molecule has 1 aliphatic rings. The maximum absolute atomic E-state index is 12.0. The summed E-state index contributed by atoms with van der Waals surface area (Å²) < 4.78 is 5.36. The number of hydrogen-bond donors (Lipinski definition) is 0. The molecule has 1 aromatic carbocycles. The fourth-order valence-corrected chi connectivity index (χ4v) is 2.06. The molecule has 1 heterocycles. The summed E-state index contributed by atoms with van der Waals surface area (Å²) in [5, 5.41) is 10.8. The van der Waals surface area contributed by atoms with Crippen LogP contribution in [0.15, 0.2) is 30.3 Å². The molecule has 0 unspecified atom stereocenters. The molecule has 0 aromatic heterocycles. The van der Waals surface area contributed by atoms with Crippen molar-refractivity contribution in [3.05, 3.63) is 35.9 Å². The number of carboxylic acid groups (broad SMARTS) is 1. The summed E-state index contributed by atoms with van der Waals surface area (Å²) in [5.74, 6) is -1.59. The van der Waals surface area contributed by atoms with Gasteiger partial charge in [0.05, 0.1) is 25.2 Å². The van der Waals surface area contributed by atoms with Crippen LogP contribution in [0.3, 0.4) is 0 Å². The van der Waals surface area contributed by atoms with Crippen LogP contribution in [0, 0.1) is 0 Å². The summed E-state index contributed by atoms with van der Waals surface area (Å²) in [7, 11) is 0. The Bertz CT molecular complexity index is 451. The first-order valence-electron chi connectivity index (χ1n) is 5.76. The number of ether oxygens (including phenoxy) is 1. The van der Waals surface area contributed by atoms with Gasteiger partial charge in [-0.25, -0.2) is 0 Å². The normalized spacial score (nSPS) is 22.8. The largest absolute Gasteiger partial charge is 1.00 e. The van der Waals surface area contributed by atoms with E-state index < -0.39 is 18.6 Å². The third-order valence-electron chi connectivity index (χ3n) is 2.99. The van der Waals surface area contributed by atoms with Gasteiger partial charge in [0.2, 0.25) is 0 Å². The average molecular weight is 255 g/mol. The molecule has 5 nitrogen and oxygen atoms in total. The maximum atomic E-state index is 12.0. The first kappa shape index (κ1) is 15.8. The molecule has 0 N–H and O–H groups in total. The molecule has 2 atom stereocenters. The smallest absolute Gasteiger partial charge is 0.548 e. The molecule has 96 valence electrons. The summed E-state index contributed by atoms with van der Waals surface area (Å²) in [6.07, 6.45) is -0.607. The van der Waals surface area contributed by atoms with E-state index >= 15 is 0 Å². The predicted octanol–water partition coefficient (Wildman–Crippen LogP) is -3.27. The Balaban J connectivity index is 0.00000180. The van der Waals surface area contributed by atoms with Crippen LogP contribution in [-0.4, -0.2) is 36.0 Å². The van der Waals surface area contributed by atoms with E-state index in [0.29, 0.717) is 6.61 Å². The zero-order valence-corrected chi connectivity index (χ0v) is 11.0. The molecule has 1 amide bonds. The van der Waals surface area contributed by atoms with Crippen LogP contribution in [-0.2, 0) is 14.3 Å². The Morgan fingerprint density at radius 3 is 2.63 bits per heavy atom. The number of morpholine rings is 1. The molecule has 0 spiro atoms. The quantitative estimate of drug-likeness (QED) is 0.531. The summed E-state index contributed by atoms with van der Waals surface area (Å²) >= 11 is 0. The van der Waals surface area contributed by atoms with Crippen LogP contribution in [0.2, 0.25) is 0 Å². The second-order valence-electron chi connectivity index (χ2n) is 4.24. The van der Waals surface area contributed by atoms with Gasteiger partial charge in [-0.2, -0.15) is 0 Å². The maximum Gasteiger partial charge on any atom is 1.00 e. The van der Waals surface area contributed by atoms with E-state index in [1.54, 1.807) is 6.92 Å². The zero-order valence-electron chi connectivity index (χ0n) is 11.0. The van der Waals surface area contributed by atoms with Crippen molar-refractivity contribution < 1.29 is 38.3 Å². The van der Waals surface area contributed by atoms with E-state index in [9.17, 15) is 14.7 Å². The van der Waals surface area contributed by atoms with E-state index in [4.69, 9.17) is 4.74 Å². The fraction of sp³-hybridized carbons (Fsp3) is 0.385. The Morgan fingerprint density at radius 1 is 1.42 bits per heavy atom. The molecule has 1 aliphatic heterocycles. The van der Waals surface area contributed by atoms with Crippen LogP contribution < -0.4 is 24.0 Å². The number of nitrogens with zero attached hydrogens (tertiary/aromatic N) is 1. The summed E-state index contributed by atoms with van der Waals surface area (Å²) in [4.78, 5) is 24.0.